The second-order valence-corrected chi connectivity index (χ2v) is 5.92. The van der Waals surface area contributed by atoms with E-state index in [4.69, 9.17) is 5.73 Å². The SMILES string of the molecule is CC(N)c1ccc(SC2CCCCC2)nc1. The van der Waals surface area contributed by atoms with Crippen molar-refractivity contribution in [3.05, 3.63) is 23.9 Å². The van der Waals surface area contributed by atoms with E-state index in [1.807, 2.05) is 24.9 Å². The van der Waals surface area contributed by atoms with Gasteiger partial charge in [-0.25, -0.2) is 4.98 Å². The minimum atomic E-state index is 0.0845. The van der Waals surface area contributed by atoms with Crippen LogP contribution in [0.2, 0.25) is 0 Å². The van der Waals surface area contributed by atoms with Gasteiger partial charge in [0.2, 0.25) is 0 Å². The van der Waals surface area contributed by atoms with Crippen LogP contribution in [0, 0.1) is 0 Å². The summed E-state index contributed by atoms with van der Waals surface area (Å²) < 4.78 is 0. The number of aromatic nitrogens is 1. The zero-order chi connectivity index (χ0) is 11.4. The maximum atomic E-state index is 5.80. The van der Waals surface area contributed by atoms with Gasteiger partial charge in [-0.3, -0.25) is 0 Å². The fourth-order valence-electron chi connectivity index (χ4n) is 2.08. The van der Waals surface area contributed by atoms with Crippen LogP contribution in [-0.4, -0.2) is 10.2 Å². The van der Waals surface area contributed by atoms with E-state index in [0.717, 1.165) is 15.8 Å². The Morgan fingerprint density at radius 1 is 1.31 bits per heavy atom. The Labute approximate surface area is 102 Å². The summed E-state index contributed by atoms with van der Waals surface area (Å²) in [5, 5.41) is 1.93. The van der Waals surface area contributed by atoms with Crippen molar-refractivity contribution in [3.63, 3.8) is 0 Å². The third kappa shape index (κ3) is 3.22. The van der Waals surface area contributed by atoms with Crippen molar-refractivity contribution in [1.82, 2.24) is 4.98 Å². The van der Waals surface area contributed by atoms with E-state index in [-0.39, 0.29) is 6.04 Å². The fraction of sp³-hybridized carbons (Fsp3) is 0.615. The van der Waals surface area contributed by atoms with Gasteiger partial charge in [0.25, 0.3) is 0 Å². The molecule has 0 aromatic carbocycles. The lowest BCUT2D eigenvalue weighted by atomic mass is 10.0. The number of nitrogens with zero attached hydrogens (tertiary/aromatic N) is 1. The van der Waals surface area contributed by atoms with Crippen molar-refractivity contribution in [1.29, 1.82) is 0 Å². The van der Waals surface area contributed by atoms with Gasteiger partial charge < -0.3 is 5.73 Å². The Bertz CT molecular complexity index is 315. The molecule has 1 aliphatic rings. The zero-order valence-electron chi connectivity index (χ0n) is 9.86. The summed E-state index contributed by atoms with van der Waals surface area (Å²) in [6, 6.07) is 4.29. The highest BCUT2D eigenvalue weighted by atomic mass is 32.2. The van der Waals surface area contributed by atoms with Crippen molar-refractivity contribution in [2.45, 2.75) is 55.3 Å². The molecule has 2 N–H and O–H groups in total. The molecule has 88 valence electrons. The van der Waals surface area contributed by atoms with Crippen LogP contribution in [-0.2, 0) is 0 Å². The van der Waals surface area contributed by atoms with Gasteiger partial charge in [-0.2, -0.15) is 0 Å². The van der Waals surface area contributed by atoms with Gasteiger partial charge in [-0.1, -0.05) is 25.3 Å². The molecule has 0 spiro atoms. The molecule has 1 aromatic rings. The van der Waals surface area contributed by atoms with E-state index in [2.05, 4.69) is 17.1 Å². The molecule has 0 bridgehead atoms. The summed E-state index contributed by atoms with van der Waals surface area (Å²) in [5.74, 6) is 0. The Hall–Kier alpha value is -0.540. The molecule has 1 fully saturated rings. The molecule has 1 aliphatic carbocycles. The lowest BCUT2D eigenvalue weighted by molar-refractivity contribution is 0.515. The largest absolute Gasteiger partial charge is 0.324 e. The smallest absolute Gasteiger partial charge is 0.0962 e. The number of hydrogen-bond donors (Lipinski definition) is 1. The van der Waals surface area contributed by atoms with Crippen LogP contribution in [0.4, 0.5) is 0 Å². The van der Waals surface area contributed by atoms with Crippen molar-refractivity contribution < 1.29 is 0 Å². The molecule has 1 heterocycles. The van der Waals surface area contributed by atoms with Crippen LogP contribution >= 0.6 is 11.8 Å². The van der Waals surface area contributed by atoms with Crippen LogP contribution in [0.5, 0.6) is 0 Å². The standard InChI is InChI=1S/C13H20N2S/c1-10(14)11-7-8-13(15-9-11)16-12-5-3-2-4-6-12/h7-10,12H,2-6,14H2,1H3. The van der Waals surface area contributed by atoms with Crippen molar-refractivity contribution in [2.75, 3.05) is 0 Å². The highest BCUT2D eigenvalue weighted by Gasteiger charge is 2.15. The Morgan fingerprint density at radius 3 is 2.62 bits per heavy atom. The van der Waals surface area contributed by atoms with E-state index in [0.29, 0.717) is 0 Å². The number of nitrogens with two attached hydrogens (primary N) is 1. The molecule has 1 saturated carbocycles. The molecular formula is C13H20N2S. The Morgan fingerprint density at radius 2 is 2.06 bits per heavy atom. The van der Waals surface area contributed by atoms with Crippen LogP contribution in [0.3, 0.4) is 0 Å². The summed E-state index contributed by atoms with van der Waals surface area (Å²) >= 11 is 1.93. The monoisotopic (exact) mass is 236 g/mol. The molecule has 0 saturated heterocycles. The average Bonchev–Trinajstić information content (AvgIpc) is 2.31. The topological polar surface area (TPSA) is 38.9 Å². The molecule has 1 unspecified atom stereocenters. The number of thioether (sulfide) groups is 1. The first kappa shape index (κ1) is 11.9. The summed E-state index contributed by atoms with van der Waals surface area (Å²) in [4.78, 5) is 4.48. The van der Waals surface area contributed by atoms with Crippen LogP contribution in [0.1, 0.15) is 50.6 Å². The van der Waals surface area contributed by atoms with Crippen molar-refractivity contribution >= 4 is 11.8 Å². The van der Waals surface area contributed by atoms with Crippen molar-refractivity contribution in [2.24, 2.45) is 5.73 Å². The minimum Gasteiger partial charge on any atom is -0.324 e. The molecule has 3 heteroatoms. The highest BCUT2D eigenvalue weighted by molar-refractivity contribution is 7.99. The summed E-state index contributed by atoms with van der Waals surface area (Å²) in [6.45, 7) is 1.99. The second kappa shape index (κ2) is 5.69. The summed E-state index contributed by atoms with van der Waals surface area (Å²) in [5.41, 5.74) is 6.92. The Balaban J connectivity index is 1.93. The molecule has 16 heavy (non-hydrogen) atoms. The molecule has 0 radical (unpaired) electrons. The van der Waals surface area contributed by atoms with Gasteiger partial charge in [-0.15, -0.1) is 11.8 Å². The van der Waals surface area contributed by atoms with E-state index < -0.39 is 0 Å². The van der Waals surface area contributed by atoms with E-state index in [1.165, 1.54) is 32.1 Å². The lowest BCUT2D eigenvalue weighted by Gasteiger charge is -2.20. The predicted octanol–water partition coefficient (Wildman–Crippen LogP) is 3.53. The van der Waals surface area contributed by atoms with E-state index >= 15 is 0 Å². The molecule has 2 rings (SSSR count). The van der Waals surface area contributed by atoms with Crippen molar-refractivity contribution in [3.8, 4) is 0 Å². The van der Waals surface area contributed by atoms with Gasteiger partial charge in [-0.05, 0) is 31.4 Å². The Kier molecular flexibility index (Phi) is 4.24. The molecule has 0 aliphatic heterocycles. The third-order valence-corrected chi connectivity index (χ3v) is 4.41. The van der Waals surface area contributed by atoms with E-state index in [9.17, 15) is 0 Å². The van der Waals surface area contributed by atoms with Gasteiger partial charge in [0, 0.05) is 17.5 Å². The van der Waals surface area contributed by atoms with Gasteiger partial charge >= 0.3 is 0 Å². The molecule has 1 atom stereocenters. The van der Waals surface area contributed by atoms with Gasteiger partial charge in [0.15, 0.2) is 0 Å². The average molecular weight is 236 g/mol. The first-order valence-electron chi connectivity index (χ1n) is 6.14. The number of pyridine rings is 1. The van der Waals surface area contributed by atoms with Crippen LogP contribution in [0.25, 0.3) is 0 Å². The third-order valence-electron chi connectivity index (χ3n) is 3.12. The quantitative estimate of drug-likeness (QED) is 0.872. The van der Waals surface area contributed by atoms with Crippen LogP contribution < -0.4 is 5.73 Å². The first-order chi connectivity index (χ1) is 7.75. The fourth-order valence-corrected chi connectivity index (χ4v) is 3.26. The zero-order valence-corrected chi connectivity index (χ0v) is 10.7. The lowest BCUT2D eigenvalue weighted by Crippen LogP contribution is -2.08. The summed E-state index contributed by atoms with van der Waals surface area (Å²) in [6.07, 6.45) is 8.79. The minimum absolute atomic E-state index is 0.0845. The number of rotatable bonds is 3. The van der Waals surface area contributed by atoms with E-state index in [1.54, 1.807) is 0 Å². The molecule has 1 aromatic heterocycles. The second-order valence-electron chi connectivity index (χ2n) is 4.60. The normalized spacial score (nSPS) is 19.6. The predicted molar refractivity (Wildman–Crippen MR) is 69.6 cm³/mol. The maximum absolute atomic E-state index is 5.80. The highest BCUT2D eigenvalue weighted by Crippen LogP contribution is 2.32. The maximum Gasteiger partial charge on any atom is 0.0962 e. The first-order valence-corrected chi connectivity index (χ1v) is 7.02. The van der Waals surface area contributed by atoms with Crippen LogP contribution in [0.15, 0.2) is 23.4 Å². The molecular weight excluding hydrogens is 216 g/mol. The molecule has 2 nitrogen and oxygen atoms in total. The molecule has 0 amide bonds. The number of hydrogen-bond acceptors (Lipinski definition) is 3. The summed E-state index contributed by atoms with van der Waals surface area (Å²) in [7, 11) is 0. The van der Waals surface area contributed by atoms with Gasteiger partial charge in [0.1, 0.15) is 0 Å². The van der Waals surface area contributed by atoms with Gasteiger partial charge in [0.05, 0.1) is 5.03 Å².